The number of hydrogen-bond donors (Lipinski definition) is 0. The van der Waals surface area contributed by atoms with Gasteiger partial charge >= 0.3 is 0 Å². The molecule has 0 spiro atoms. The molecule has 90 heavy (non-hydrogen) atoms. The molecule has 0 bridgehead atoms. The third kappa shape index (κ3) is 7.97. The highest BCUT2D eigenvalue weighted by molar-refractivity contribution is 6.21. The van der Waals surface area contributed by atoms with Gasteiger partial charge in [-0.2, -0.15) is 5.26 Å². The minimum Gasteiger partial charge on any atom is -0.309 e. The number of benzene rings is 13. The standard InChI is InChI=1S/C82H50N8/c83-51-52-37-39-53(40-38-52)56-41-43-74(89-72-35-19-15-31-62(72)67-47-65-60-29-13-17-33-70(60)87(76(65)49-78(67)89)58-25-9-3-10-26-58)64(45-56)57-42-44-75(69(46-57)82-85-80(54-21-5-1-6-22-54)84-81(86-82)55-23-7-2-8-24-55)90-73-36-20-16-32-63(73)68-48-66-61-30-14-18-34-71(61)88(77(66)50-79(68)90)59-27-11-4-12-28-59/h1-50H. The van der Waals surface area contributed by atoms with Crippen LogP contribution in [0.4, 0.5) is 0 Å². The second kappa shape index (κ2) is 20.3. The molecule has 0 saturated heterocycles. The predicted molar refractivity (Wildman–Crippen MR) is 369 cm³/mol. The van der Waals surface area contributed by atoms with E-state index < -0.39 is 0 Å². The first-order valence-electron chi connectivity index (χ1n) is 30.3. The van der Waals surface area contributed by atoms with Crippen LogP contribution in [-0.4, -0.2) is 33.2 Å². The molecule has 8 heteroatoms. The zero-order chi connectivity index (χ0) is 59.4. The minimum absolute atomic E-state index is 0.530. The Morgan fingerprint density at radius 2 is 0.578 bits per heavy atom. The quantitative estimate of drug-likeness (QED) is 0.144. The van der Waals surface area contributed by atoms with E-state index in [4.69, 9.17) is 15.0 Å². The number of aromatic nitrogens is 7. The molecule has 0 aliphatic rings. The lowest BCUT2D eigenvalue weighted by Crippen LogP contribution is -2.04. The first-order valence-corrected chi connectivity index (χ1v) is 30.3. The molecule has 0 unspecified atom stereocenters. The van der Waals surface area contributed by atoms with Crippen molar-refractivity contribution in [1.82, 2.24) is 33.2 Å². The first-order chi connectivity index (χ1) is 44.6. The molecule has 0 amide bonds. The Bertz CT molecular complexity index is 5890. The van der Waals surface area contributed by atoms with Crippen molar-refractivity contribution >= 4 is 87.2 Å². The summed E-state index contributed by atoms with van der Waals surface area (Å²) in [5.74, 6) is 1.67. The molecule has 13 aromatic carbocycles. The molecule has 18 rings (SSSR count). The zero-order valence-corrected chi connectivity index (χ0v) is 48.4. The summed E-state index contributed by atoms with van der Waals surface area (Å²) in [5, 5.41) is 19.3. The van der Waals surface area contributed by atoms with E-state index >= 15 is 0 Å². The molecule has 0 fully saturated rings. The fraction of sp³-hybridized carbons (Fsp3) is 0. The van der Waals surface area contributed by atoms with Gasteiger partial charge in [0.1, 0.15) is 0 Å². The Balaban J connectivity index is 0.956. The van der Waals surface area contributed by atoms with Gasteiger partial charge in [-0.3, -0.25) is 0 Å². The Kier molecular flexibility index (Phi) is 11.5. The summed E-state index contributed by atoms with van der Waals surface area (Å²) in [5.41, 5.74) is 20.0. The maximum Gasteiger partial charge on any atom is 0.166 e. The van der Waals surface area contributed by atoms with E-state index in [-0.39, 0.29) is 0 Å². The second-order valence-electron chi connectivity index (χ2n) is 23.0. The number of nitriles is 1. The molecular formula is C82H50N8. The Hall–Kier alpha value is -12.4. The molecule has 8 nitrogen and oxygen atoms in total. The fourth-order valence-electron chi connectivity index (χ4n) is 14.0. The van der Waals surface area contributed by atoms with E-state index in [1.165, 1.54) is 21.5 Å². The summed E-state index contributed by atoms with van der Waals surface area (Å²) in [7, 11) is 0. The lowest BCUT2D eigenvalue weighted by atomic mass is 9.94. The van der Waals surface area contributed by atoms with Crippen LogP contribution in [0.25, 0.3) is 166 Å². The highest BCUT2D eigenvalue weighted by Gasteiger charge is 2.26. The van der Waals surface area contributed by atoms with E-state index in [1.807, 2.05) is 60.7 Å². The zero-order valence-electron chi connectivity index (χ0n) is 48.4. The molecule has 5 aromatic heterocycles. The van der Waals surface area contributed by atoms with E-state index in [9.17, 15) is 5.26 Å². The van der Waals surface area contributed by atoms with Gasteiger partial charge in [0.15, 0.2) is 17.5 Å². The Morgan fingerprint density at radius 1 is 0.233 bits per heavy atom. The van der Waals surface area contributed by atoms with Crippen molar-refractivity contribution < 1.29 is 0 Å². The summed E-state index contributed by atoms with van der Waals surface area (Å²) in [6.45, 7) is 0. The van der Waals surface area contributed by atoms with Crippen LogP contribution in [0.5, 0.6) is 0 Å². The van der Waals surface area contributed by atoms with Gasteiger partial charge in [-0.25, -0.2) is 15.0 Å². The van der Waals surface area contributed by atoms with Crippen LogP contribution in [0.15, 0.2) is 303 Å². The largest absolute Gasteiger partial charge is 0.309 e. The van der Waals surface area contributed by atoms with Gasteiger partial charge < -0.3 is 18.3 Å². The van der Waals surface area contributed by atoms with Crippen LogP contribution < -0.4 is 0 Å². The summed E-state index contributed by atoms with van der Waals surface area (Å²) >= 11 is 0. The van der Waals surface area contributed by atoms with E-state index in [0.29, 0.717) is 23.0 Å². The molecule has 0 N–H and O–H groups in total. The fourth-order valence-corrected chi connectivity index (χ4v) is 14.0. The van der Waals surface area contributed by atoms with Gasteiger partial charge in [-0.05, 0) is 126 Å². The number of para-hydroxylation sites is 6. The van der Waals surface area contributed by atoms with Gasteiger partial charge in [0.25, 0.3) is 0 Å². The molecule has 418 valence electrons. The van der Waals surface area contributed by atoms with Crippen LogP contribution in [0, 0.1) is 11.3 Å². The second-order valence-corrected chi connectivity index (χ2v) is 23.0. The highest BCUT2D eigenvalue weighted by Crippen LogP contribution is 2.46. The van der Waals surface area contributed by atoms with Gasteiger partial charge in [-0.1, -0.05) is 194 Å². The molecule has 18 aromatic rings. The monoisotopic (exact) mass is 1150 g/mol. The van der Waals surface area contributed by atoms with Crippen molar-refractivity contribution in [3.63, 3.8) is 0 Å². The van der Waals surface area contributed by atoms with Crippen molar-refractivity contribution in [1.29, 1.82) is 5.26 Å². The maximum absolute atomic E-state index is 9.95. The first kappa shape index (κ1) is 50.8. The number of fused-ring (bicyclic) bond motifs is 12. The third-order valence-corrected chi connectivity index (χ3v) is 18.0. The summed E-state index contributed by atoms with van der Waals surface area (Å²) in [4.78, 5) is 16.3. The van der Waals surface area contributed by atoms with Crippen molar-refractivity contribution in [3.8, 4) is 85.2 Å². The summed E-state index contributed by atoms with van der Waals surface area (Å²) < 4.78 is 9.66. The van der Waals surface area contributed by atoms with Gasteiger partial charge in [-0.15, -0.1) is 0 Å². The van der Waals surface area contributed by atoms with Crippen molar-refractivity contribution in [2.75, 3.05) is 0 Å². The van der Waals surface area contributed by atoms with Crippen LogP contribution in [-0.2, 0) is 0 Å². The molecule has 0 saturated carbocycles. The molecule has 0 atom stereocenters. The predicted octanol–water partition coefficient (Wildman–Crippen LogP) is 20.5. The summed E-state index contributed by atoms with van der Waals surface area (Å²) in [6.07, 6.45) is 0. The van der Waals surface area contributed by atoms with Gasteiger partial charge in [0, 0.05) is 76.7 Å². The minimum atomic E-state index is 0.530. The number of hydrogen-bond acceptors (Lipinski definition) is 4. The van der Waals surface area contributed by atoms with Gasteiger partial charge in [0.05, 0.1) is 67.1 Å². The topological polar surface area (TPSA) is 82.2 Å². The van der Waals surface area contributed by atoms with E-state index in [0.717, 1.165) is 127 Å². The molecular weight excluding hydrogens is 1100 g/mol. The lowest BCUT2D eigenvalue weighted by molar-refractivity contribution is 1.06. The average Bonchev–Trinajstić information content (AvgIpc) is 1.60. The van der Waals surface area contributed by atoms with Crippen molar-refractivity contribution in [2.45, 2.75) is 0 Å². The van der Waals surface area contributed by atoms with Gasteiger partial charge in [0.2, 0.25) is 0 Å². The molecule has 0 aliphatic carbocycles. The molecule has 0 aliphatic heterocycles. The van der Waals surface area contributed by atoms with Crippen molar-refractivity contribution in [3.05, 3.63) is 309 Å². The van der Waals surface area contributed by atoms with Crippen LogP contribution in [0.2, 0.25) is 0 Å². The van der Waals surface area contributed by atoms with Crippen LogP contribution in [0.3, 0.4) is 0 Å². The normalized spacial score (nSPS) is 11.8. The van der Waals surface area contributed by atoms with Crippen LogP contribution >= 0.6 is 0 Å². The average molecular weight is 1150 g/mol. The number of nitrogens with zero attached hydrogens (tertiary/aromatic N) is 8. The highest BCUT2D eigenvalue weighted by atomic mass is 15.1. The van der Waals surface area contributed by atoms with Crippen LogP contribution in [0.1, 0.15) is 5.56 Å². The lowest BCUT2D eigenvalue weighted by Gasteiger charge is -2.19. The maximum atomic E-state index is 9.95. The third-order valence-electron chi connectivity index (χ3n) is 18.0. The Morgan fingerprint density at radius 3 is 1.02 bits per heavy atom. The SMILES string of the molecule is N#Cc1ccc(-c2ccc(-n3c4ccccc4c4cc5c6ccccc6n(-c6ccccc6)c5cc43)c(-c3ccc(-n4c5ccccc5c5cc6c7ccccc7n(-c7ccccc7)c6cc54)c(-c4nc(-c5ccccc5)nc(-c5ccccc5)n4)c3)c2)cc1. The summed E-state index contributed by atoms with van der Waals surface area (Å²) in [6, 6.07) is 110. The molecule has 0 radical (unpaired) electrons. The smallest absolute Gasteiger partial charge is 0.166 e. The number of rotatable bonds is 9. The molecule has 5 heterocycles. The van der Waals surface area contributed by atoms with E-state index in [1.54, 1.807) is 0 Å². The van der Waals surface area contributed by atoms with Crippen molar-refractivity contribution in [2.24, 2.45) is 0 Å². The Labute approximate surface area is 516 Å². The van der Waals surface area contributed by atoms with E-state index in [2.05, 4.69) is 267 Å².